The molecule has 3 aromatic rings. The molecule has 2 N–H and O–H groups in total. The third-order valence-corrected chi connectivity index (χ3v) is 4.33. The summed E-state index contributed by atoms with van der Waals surface area (Å²) in [4.78, 5) is 34.5. The van der Waals surface area contributed by atoms with Crippen LogP contribution >= 0.6 is 0 Å². The molecule has 0 radical (unpaired) electrons. The van der Waals surface area contributed by atoms with Gasteiger partial charge in [0, 0.05) is 5.69 Å². The van der Waals surface area contributed by atoms with Gasteiger partial charge in [0.05, 0.1) is 29.6 Å². The van der Waals surface area contributed by atoms with E-state index in [1.165, 1.54) is 16.9 Å². The van der Waals surface area contributed by atoms with Gasteiger partial charge in [-0.15, -0.1) is 0 Å². The minimum absolute atomic E-state index is 0.0437. The van der Waals surface area contributed by atoms with Crippen LogP contribution in [0.4, 0.5) is 5.69 Å². The number of rotatable bonds is 7. The maximum atomic E-state index is 12.2. The van der Waals surface area contributed by atoms with Crippen LogP contribution in [0.15, 0.2) is 35.0 Å². The Morgan fingerprint density at radius 2 is 2.07 bits per heavy atom. The summed E-state index contributed by atoms with van der Waals surface area (Å²) in [6, 6.07) is 5.12. The van der Waals surface area contributed by atoms with Crippen molar-refractivity contribution in [2.24, 2.45) is 5.92 Å². The van der Waals surface area contributed by atoms with E-state index < -0.39 is 22.7 Å². The highest BCUT2D eigenvalue weighted by molar-refractivity contribution is 5.93. The number of aryl methyl sites for hydroxylation is 2. The maximum absolute atomic E-state index is 12.2. The Morgan fingerprint density at radius 3 is 2.70 bits per heavy atom. The fourth-order valence-electron chi connectivity index (χ4n) is 2.78. The van der Waals surface area contributed by atoms with E-state index in [9.17, 15) is 19.7 Å². The van der Waals surface area contributed by atoms with Crippen molar-refractivity contribution < 1.29 is 18.9 Å². The van der Waals surface area contributed by atoms with Crippen LogP contribution in [0.2, 0.25) is 0 Å². The molecule has 12 heteroatoms. The van der Waals surface area contributed by atoms with Gasteiger partial charge in [-0.3, -0.25) is 39.9 Å². The second-order valence-electron chi connectivity index (χ2n) is 6.87. The molecule has 0 fully saturated rings. The van der Waals surface area contributed by atoms with E-state index in [4.69, 9.17) is 4.42 Å². The zero-order chi connectivity index (χ0) is 21.8. The van der Waals surface area contributed by atoms with E-state index in [2.05, 4.69) is 21.0 Å². The molecule has 3 rings (SSSR count). The van der Waals surface area contributed by atoms with Gasteiger partial charge in [0.25, 0.3) is 0 Å². The van der Waals surface area contributed by atoms with Crippen LogP contribution < -0.4 is 10.9 Å². The molecule has 0 saturated heterocycles. The molecule has 0 aliphatic heterocycles. The molecule has 3 heterocycles. The minimum Gasteiger partial charge on any atom is -0.454 e. The average molecular weight is 415 g/mol. The van der Waals surface area contributed by atoms with E-state index in [-0.39, 0.29) is 18.0 Å². The predicted molar refractivity (Wildman–Crippen MR) is 103 cm³/mol. The molecule has 0 aliphatic carbocycles. The van der Waals surface area contributed by atoms with Gasteiger partial charge < -0.3 is 4.42 Å². The lowest BCUT2D eigenvalue weighted by molar-refractivity contribution is -0.385. The number of furan rings is 1. The molecular weight excluding hydrogens is 394 g/mol. The van der Waals surface area contributed by atoms with E-state index in [0.717, 1.165) is 17.6 Å². The van der Waals surface area contributed by atoms with Gasteiger partial charge in [0.15, 0.2) is 5.76 Å². The molecule has 0 aliphatic rings. The van der Waals surface area contributed by atoms with Crippen molar-refractivity contribution in [3.05, 3.63) is 63.6 Å². The first-order chi connectivity index (χ1) is 14.2. The minimum atomic E-state index is -0.607. The molecule has 12 nitrogen and oxygen atoms in total. The lowest BCUT2D eigenvalue weighted by atomic mass is 10.2. The molecule has 0 spiro atoms. The number of hydrazine groups is 1. The quantitative estimate of drug-likeness (QED) is 0.436. The van der Waals surface area contributed by atoms with Crippen molar-refractivity contribution in [1.82, 2.24) is 30.4 Å². The molecule has 2 amide bonds. The van der Waals surface area contributed by atoms with Crippen molar-refractivity contribution in [3.63, 3.8) is 0 Å². The van der Waals surface area contributed by atoms with Gasteiger partial charge in [-0.2, -0.15) is 10.2 Å². The maximum Gasteiger partial charge on any atom is 0.306 e. The number of hydrogen-bond acceptors (Lipinski definition) is 7. The number of aromatic nitrogens is 4. The first-order valence-electron chi connectivity index (χ1n) is 9.09. The van der Waals surface area contributed by atoms with Crippen LogP contribution in [-0.2, 0) is 17.9 Å². The first-order valence-corrected chi connectivity index (χ1v) is 9.09. The van der Waals surface area contributed by atoms with E-state index in [0.29, 0.717) is 12.3 Å². The summed E-state index contributed by atoms with van der Waals surface area (Å²) in [7, 11) is 0. The van der Waals surface area contributed by atoms with Gasteiger partial charge in [0.1, 0.15) is 18.2 Å². The molecule has 0 bridgehead atoms. The average Bonchev–Trinajstić information content (AvgIpc) is 3.41. The molecular formula is C18H21N7O5. The molecule has 158 valence electrons. The number of amides is 2. The van der Waals surface area contributed by atoms with Gasteiger partial charge in [-0.1, -0.05) is 6.92 Å². The van der Waals surface area contributed by atoms with Crippen LogP contribution in [0.1, 0.15) is 34.6 Å². The third kappa shape index (κ3) is 4.90. The van der Waals surface area contributed by atoms with Gasteiger partial charge in [-0.05, 0) is 32.0 Å². The van der Waals surface area contributed by atoms with E-state index in [1.807, 2.05) is 19.9 Å². The Labute approximate surface area is 171 Å². The number of carbonyl (C=O) groups excluding carboxylic acids is 2. The summed E-state index contributed by atoms with van der Waals surface area (Å²) in [6.07, 6.45) is 2.34. The Kier molecular flexibility index (Phi) is 5.95. The monoisotopic (exact) mass is 415 g/mol. The SMILES string of the molecule is Cc1cc(C)n(Cc2ccc(C(=O)NNC(=O)C(C)Cn3cc([N+](=O)[O-])cn3)o2)n1. The van der Waals surface area contributed by atoms with Crippen LogP contribution in [0.3, 0.4) is 0 Å². The van der Waals surface area contributed by atoms with Crippen LogP contribution in [0.5, 0.6) is 0 Å². The third-order valence-electron chi connectivity index (χ3n) is 4.33. The molecule has 1 atom stereocenters. The fourth-order valence-corrected chi connectivity index (χ4v) is 2.78. The zero-order valence-corrected chi connectivity index (χ0v) is 16.7. The van der Waals surface area contributed by atoms with E-state index >= 15 is 0 Å². The Morgan fingerprint density at radius 1 is 1.30 bits per heavy atom. The number of nitrogens with one attached hydrogen (secondary N) is 2. The number of hydrogen-bond donors (Lipinski definition) is 2. The van der Waals surface area contributed by atoms with Crippen LogP contribution in [-0.4, -0.2) is 36.3 Å². The lowest BCUT2D eigenvalue weighted by Crippen LogP contribution is -2.44. The molecule has 0 saturated carbocycles. The highest BCUT2D eigenvalue weighted by Crippen LogP contribution is 2.12. The summed E-state index contributed by atoms with van der Waals surface area (Å²) in [6.45, 7) is 5.92. The van der Waals surface area contributed by atoms with Crippen LogP contribution in [0.25, 0.3) is 0 Å². The van der Waals surface area contributed by atoms with Crippen molar-refractivity contribution in [2.45, 2.75) is 33.9 Å². The standard InChI is InChI=1S/C18H21N7O5/c1-11(8-23-9-14(7-19-23)25(28)29)17(26)20-21-18(27)16-5-4-15(30-16)10-24-13(3)6-12(2)22-24/h4-7,9,11H,8,10H2,1-3H3,(H,20,26)(H,21,27). The van der Waals surface area contributed by atoms with Crippen molar-refractivity contribution in [2.75, 3.05) is 0 Å². The van der Waals surface area contributed by atoms with Crippen molar-refractivity contribution in [1.29, 1.82) is 0 Å². The summed E-state index contributed by atoms with van der Waals surface area (Å²) in [5.41, 5.74) is 6.30. The normalized spacial score (nSPS) is 11.8. The number of nitro groups is 1. The summed E-state index contributed by atoms with van der Waals surface area (Å²) >= 11 is 0. The molecule has 0 aromatic carbocycles. The van der Waals surface area contributed by atoms with Crippen molar-refractivity contribution in [3.8, 4) is 0 Å². The topological polar surface area (TPSA) is 150 Å². The lowest BCUT2D eigenvalue weighted by Gasteiger charge is -2.12. The Hall–Kier alpha value is -3.96. The summed E-state index contributed by atoms with van der Waals surface area (Å²) in [5.74, 6) is -1.09. The Balaban J connectivity index is 1.51. The highest BCUT2D eigenvalue weighted by Gasteiger charge is 2.18. The van der Waals surface area contributed by atoms with Crippen LogP contribution in [0, 0.1) is 29.9 Å². The number of carbonyl (C=O) groups is 2. The van der Waals surface area contributed by atoms with Gasteiger partial charge in [0.2, 0.25) is 5.91 Å². The smallest absolute Gasteiger partial charge is 0.306 e. The molecule has 3 aromatic heterocycles. The zero-order valence-electron chi connectivity index (χ0n) is 16.7. The highest BCUT2D eigenvalue weighted by atomic mass is 16.6. The number of nitrogens with zero attached hydrogens (tertiary/aromatic N) is 5. The van der Waals surface area contributed by atoms with Gasteiger partial charge in [-0.25, -0.2) is 0 Å². The van der Waals surface area contributed by atoms with Gasteiger partial charge >= 0.3 is 11.6 Å². The fraction of sp³-hybridized carbons (Fsp3) is 0.333. The summed E-state index contributed by atoms with van der Waals surface area (Å²) in [5, 5.41) is 18.9. The second-order valence-corrected chi connectivity index (χ2v) is 6.87. The van der Waals surface area contributed by atoms with Crippen molar-refractivity contribution >= 4 is 17.5 Å². The molecule has 1 unspecified atom stereocenters. The predicted octanol–water partition coefficient (Wildman–Crippen LogP) is 1.34. The largest absolute Gasteiger partial charge is 0.454 e. The van der Waals surface area contributed by atoms with E-state index in [1.54, 1.807) is 17.7 Å². The first kappa shape index (κ1) is 20.8. The summed E-state index contributed by atoms with van der Waals surface area (Å²) < 4.78 is 8.58. The molecule has 30 heavy (non-hydrogen) atoms. The second kappa shape index (κ2) is 8.59. The Bertz CT molecular complexity index is 1080.